The molecule has 0 fully saturated rings. The van der Waals surface area contributed by atoms with Crippen LogP contribution in [0.2, 0.25) is 0 Å². The molecule has 0 saturated carbocycles. The highest BCUT2D eigenvalue weighted by Gasteiger charge is 2.23. The van der Waals surface area contributed by atoms with Crippen LogP contribution in [-0.2, 0) is 24.2 Å². The van der Waals surface area contributed by atoms with Crippen LogP contribution in [-0.4, -0.2) is 16.9 Å². The Hall–Kier alpha value is -3.08. The van der Waals surface area contributed by atoms with Gasteiger partial charge in [-0.25, -0.2) is 4.79 Å². The second kappa shape index (κ2) is 6.91. The number of nitrogens with one attached hydrogen (secondary N) is 1. The first-order valence-electron chi connectivity index (χ1n) is 9.22. The van der Waals surface area contributed by atoms with E-state index in [9.17, 15) is 9.59 Å². The van der Waals surface area contributed by atoms with Crippen molar-refractivity contribution >= 4 is 22.8 Å². The van der Waals surface area contributed by atoms with E-state index in [1.807, 2.05) is 6.07 Å². The van der Waals surface area contributed by atoms with Gasteiger partial charge in [-0.05, 0) is 42.9 Å². The highest BCUT2D eigenvalue weighted by atomic mass is 16.5. The van der Waals surface area contributed by atoms with Gasteiger partial charge < -0.3 is 15.5 Å². The van der Waals surface area contributed by atoms with Crippen LogP contribution < -0.4 is 5.73 Å². The fourth-order valence-corrected chi connectivity index (χ4v) is 3.89. The predicted octanol–water partition coefficient (Wildman–Crippen LogP) is 3.75. The van der Waals surface area contributed by atoms with Gasteiger partial charge in [0.2, 0.25) is 5.91 Å². The lowest BCUT2D eigenvalue weighted by molar-refractivity contribution is 0.0472. The van der Waals surface area contributed by atoms with Gasteiger partial charge in [0, 0.05) is 22.2 Å². The molecule has 3 N–H and O–H groups in total. The van der Waals surface area contributed by atoms with Gasteiger partial charge in [0.05, 0.1) is 11.1 Å². The summed E-state index contributed by atoms with van der Waals surface area (Å²) in [6.07, 6.45) is 3.19. The molecule has 0 aliphatic heterocycles. The highest BCUT2D eigenvalue weighted by Crippen LogP contribution is 2.33. The van der Waals surface area contributed by atoms with E-state index < -0.39 is 11.9 Å². The van der Waals surface area contributed by atoms with Gasteiger partial charge in [-0.2, -0.15) is 0 Å². The molecular formula is C22H22N2O3. The quantitative estimate of drug-likeness (QED) is 0.693. The minimum Gasteiger partial charge on any atom is -0.457 e. The van der Waals surface area contributed by atoms with Gasteiger partial charge in [0.25, 0.3) is 0 Å². The third kappa shape index (κ3) is 3.21. The summed E-state index contributed by atoms with van der Waals surface area (Å²) < 4.78 is 5.50. The first-order chi connectivity index (χ1) is 13.0. The Labute approximate surface area is 157 Å². The molecule has 5 nitrogen and oxygen atoms in total. The van der Waals surface area contributed by atoms with Crippen molar-refractivity contribution in [3.05, 3.63) is 70.4 Å². The fraction of sp³-hybridized carbons (Fsp3) is 0.273. The molecule has 138 valence electrons. The zero-order valence-corrected chi connectivity index (χ0v) is 15.2. The maximum atomic E-state index is 12.7. The van der Waals surface area contributed by atoms with E-state index in [2.05, 4.69) is 18.0 Å². The first-order valence-corrected chi connectivity index (χ1v) is 9.22. The average molecular weight is 362 g/mol. The predicted molar refractivity (Wildman–Crippen MR) is 104 cm³/mol. The number of hydrogen-bond acceptors (Lipinski definition) is 3. The van der Waals surface area contributed by atoms with Gasteiger partial charge >= 0.3 is 5.97 Å². The monoisotopic (exact) mass is 362 g/mol. The number of carbonyl (C=O) groups excluding carboxylic acids is 2. The van der Waals surface area contributed by atoms with Gasteiger partial charge in [-0.15, -0.1) is 0 Å². The fourth-order valence-electron chi connectivity index (χ4n) is 3.89. The molecule has 3 aromatic rings. The molecule has 1 aliphatic carbocycles. The van der Waals surface area contributed by atoms with Crippen molar-refractivity contribution in [3.8, 4) is 0 Å². The topological polar surface area (TPSA) is 85.2 Å². The van der Waals surface area contributed by atoms with Gasteiger partial charge in [-0.3, -0.25) is 4.79 Å². The molecule has 5 heteroatoms. The summed E-state index contributed by atoms with van der Waals surface area (Å²) in [4.78, 5) is 27.7. The molecule has 0 bridgehead atoms. The lowest BCUT2D eigenvalue weighted by Gasteiger charge is -2.17. The number of aromatic amines is 1. The Kier molecular flexibility index (Phi) is 4.44. The van der Waals surface area contributed by atoms with Crippen LogP contribution in [0.5, 0.6) is 0 Å². The van der Waals surface area contributed by atoms with E-state index in [0.717, 1.165) is 30.2 Å². The van der Waals surface area contributed by atoms with Crippen LogP contribution in [0.1, 0.15) is 50.9 Å². The molecule has 4 rings (SSSR count). The molecule has 0 saturated heterocycles. The molecule has 27 heavy (non-hydrogen) atoms. The smallest absolute Gasteiger partial charge is 0.340 e. The SMILES string of the molecule is CC1CCc2[nH]c3c(C(=O)OCc4ccccc4C(N)=O)cccc3c2C1. The van der Waals surface area contributed by atoms with Crippen molar-refractivity contribution in [1.82, 2.24) is 4.98 Å². The minimum atomic E-state index is -0.532. The summed E-state index contributed by atoms with van der Waals surface area (Å²) in [5, 5.41) is 1.10. The number of esters is 1. The number of nitrogens with two attached hydrogens (primary N) is 1. The maximum absolute atomic E-state index is 12.7. The molecule has 1 aliphatic rings. The average Bonchev–Trinajstić information content (AvgIpc) is 3.04. The summed E-state index contributed by atoms with van der Waals surface area (Å²) in [5.74, 6) is -0.293. The zero-order valence-electron chi connectivity index (χ0n) is 15.2. The number of aromatic nitrogens is 1. The molecule has 1 aromatic heterocycles. The highest BCUT2D eigenvalue weighted by molar-refractivity contribution is 6.04. The molecule has 1 amide bonds. The third-order valence-electron chi connectivity index (χ3n) is 5.33. The second-order valence-electron chi connectivity index (χ2n) is 7.26. The number of rotatable bonds is 4. The number of primary amides is 1. The first kappa shape index (κ1) is 17.3. The third-order valence-corrected chi connectivity index (χ3v) is 5.33. The lowest BCUT2D eigenvalue weighted by Crippen LogP contribution is -2.15. The number of fused-ring (bicyclic) bond motifs is 3. The van der Waals surface area contributed by atoms with Crippen molar-refractivity contribution < 1.29 is 14.3 Å². The van der Waals surface area contributed by atoms with E-state index in [1.54, 1.807) is 30.3 Å². The number of aryl methyl sites for hydroxylation is 1. The lowest BCUT2D eigenvalue weighted by atomic mass is 9.87. The van der Waals surface area contributed by atoms with Crippen molar-refractivity contribution in [2.75, 3.05) is 0 Å². The van der Waals surface area contributed by atoms with Crippen LogP contribution in [0.15, 0.2) is 42.5 Å². The van der Waals surface area contributed by atoms with Crippen LogP contribution >= 0.6 is 0 Å². The van der Waals surface area contributed by atoms with E-state index in [4.69, 9.17) is 10.5 Å². The second-order valence-corrected chi connectivity index (χ2v) is 7.26. The number of carbonyl (C=O) groups is 2. The molecule has 1 atom stereocenters. The number of para-hydroxylation sites is 1. The minimum absolute atomic E-state index is 0.00575. The van der Waals surface area contributed by atoms with Crippen molar-refractivity contribution in [3.63, 3.8) is 0 Å². The molecule has 0 radical (unpaired) electrons. The van der Waals surface area contributed by atoms with E-state index in [1.165, 1.54) is 11.3 Å². The summed E-state index contributed by atoms with van der Waals surface area (Å²) >= 11 is 0. The largest absolute Gasteiger partial charge is 0.457 e. The summed E-state index contributed by atoms with van der Waals surface area (Å²) in [6.45, 7) is 2.27. The van der Waals surface area contributed by atoms with E-state index in [0.29, 0.717) is 22.6 Å². The van der Waals surface area contributed by atoms with Crippen LogP contribution in [0.25, 0.3) is 10.9 Å². The van der Waals surface area contributed by atoms with E-state index in [-0.39, 0.29) is 6.61 Å². The Morgan fingerprint density at radius 1 is 1.15 bits per heavy atom. The maximum Gasteiger partial charge on any atom is 0.340 e. The van der Waals surface area contributed by atoms with Gasteiger partial charge in [0.15, 0.2) is 0 Å². The molecule has 1 heterocycles. The molecular weight excluding hydrogens is 340 g/mol. The van der Waals surface area contributed by atoms with Crippen LogP contribution in [0, 0.1) is 5.92 Å². The van der Waals surface area contributed by atoms with Crippen LogP contribution in [0.3, 0.4) is 0 Å². The number of hydrogen-bond donors (Lipinski definition) is 2. The van der Waals surface area contributed by atoms with E-state index >= 15 is 0 Å². The molecule has 0 spiro atoms. The van der Waals surface area contributed by atoms with Crippen molar-refractivity contribution in [2.24, 2.45) is 11.7 Å². The van der Waals surface area contributed by atoms with Crippen molar-refractivity contribution in [2.45, 2.75) is 32.8 Å². The molecule has 1 unspecified atom stereocenters. The number of benzene rings is 2. The number of amides is 1. The number of H-pyrrole nitrogens is 1. The Morgan fingerprint density at radius 3 is 2.74 bits per heavy atom. The van der Waals surface area contributed by atoms with Crippen LogP contribution in [0.4, 0.5) is 0 Å². The van der Waals surface area contributed by atoms with Gasteiger partial charge in [-0.1, -0.05) is 37.3 Å². The Balaban J connectivity index is 1.61. The van der Waals surface area contributed by atoms with Gasteiger partial charge in [0.1, 0.15) is 6.61 Å². The normalized spacial score (nSPS) is 16.1. The van der Waals surface area contributed by atoms with Crippen molar-refractivity contribution in [1.29, 1.82) is 0 Å². The number of ether oxygens (including phenoxy) is 1. The molecule has 2 aromatic carbocycles. The summed E-state index contributed by atoms with van der Waals surface area (Å²) in [5.41, 5.74) is 10.3. The Bertz CT molecular complexity index is 1040. The summed E-state index contributed by atoms with van der Waals surface area (Å²) in [6, 6.07) is 12.6. The zero-order chi connectivity index (χ0) is 19.0. The Morgan fingerprint density at radius 2 is 1.93 bits per heavy atom. The standard InChI is InChI=1S/C22H22N2O3/c1-13-9-10-19-18(11-13)16-7-4-8-17(20(16)24-19)22(26)27-12-14-5-2-3-6-15(14)21(23)25/h2-8,13,24H,9-12H2,1H3,(H2,23,25). The summed E-state index contributed by atoms with van der Waals surface area (Å²) in [7, 11) is 0.